The van der Waals surface area contributed by atoms with E-state index < -0.39 is 11.8 Å². The first kappa shape index (κ1) is 19.3. The van der Waals surface area contributed by atoms with E-state index in [9.17, 15) is 14.0 Å². The van der Waals surface area contributed by atoms with Crippen LogP contribution in [0.3, 0.4) is 0 Å². The van der Waals surface area contributed by atoms with E-state index in [2.05, 4.69) is 4.99 Å². The normalized spacial score (nSPS) is 14.6. The first-order chi connectivity index (χ1) is 13.5. The molecule has 7 heteroatoms. The van der Waals surface area contributed by atoms with Gasteiger partial charge in [-0.1, -0.05) is 25.1 Å². The van der Waals surface area contributed by atoms with Gasteiger partial charge in [0.2, 0.25) is 5.90 Å². The number of carbonyl (C=O) groups is 2. The fourth-order valence-corrected chi connectivity index (χ4v) is 2.48. The minimum Gasteiger partial charge on any atom is -0.490 e. The molecule has 2 aromatic carbocycles. The van der Waals surface area contributed by atoms with Gasteiger partial charge in [-0.25, -0.2) is 14.2 Å². The summed E-state index contributed by atoms with van der Waals surface area (Å²) < 4.78 is 29.7. The molecule has 0 radical (unpaired) electrons. The molecule has 0 saturated carbocycles. The first-order valence-electron chi connectivity index (χ1n) is 8.76. The summed E-state index contributed by atoms with van der Waals surface area (Å²) in [6, 6.07) is 10.8. The van der Waals surface area contributed by atoms with Crippen molar-refractivity contribution < 1.29 is 28.2 Å². The summed E-state index contributed by atoms with van der Waals surface area (Å²) in [5.74, 6) is -1.03. The molecular weight excluding hydrogens is 365 g/mol. The van der Waals surface area contributed by atoms with E-state index in [4.69, 9.17) is 14.2 Å². The second kappa shape index (κ2) is 8.47. The zero-order valence-electron chi connectivity index (χ0n) is 15.4. The van der Waals surface area contributed by atoms with Crippen LogP contribution in [0.15, 0.2) is 53.2 Å². The predicted octanol–water partition coefficient (Wildman–Crippen LogP) is 3.88. The van der Waals surface area contributed by atoms with E-state index >= 15 is 0 Å². The molecule has 0 N–H and O–H groups in total. The highest BCUT2D eigenvalue weighted by molar-refractivity contribution is 6.12. The van der Waals surface area contributed by atoms with Crippen LogP contribution in [0.4, 0.5) is 4.39 Å². The molecule has 144 valence electrons. The van der Waals surface area contributed by atoms with E-state index in [1.165, 1.54) is 24.3 Å². The molecule has 1 heterocycles. The van der Waals surface area contributed by atoms with Crippen molar-refractivity contribution in [1.82, 2.24) is 0 Å². The molecule has 0 aliphatic carbocycles. The number of hydrogen-bond acceptors (Lipinski definition) is 6. The van der Waals surface area contributed by atoms with Crippen molar-refractivity contribution in [2.75, 3.05) is 6.61 Å². The fraction of sp³-hybridized carbons (Fsp3) is 0.190. The van der Waals surface area contributed by atoms with Gasteiger partial charge in [-0.2, -0.15) is 0 Å². The molecule has 3 rings (SSSR count). The first-order valence-corrected chi connectivity index (χ1v) is 8.76. The van der Waals surface area contributed by atoms with E-state index in [1.807, 2.05) is 0 Å². The third-order valence-corrected chi connectivity index (χ3v) is 3.81. The molecule has 0 bridgehead atoms. The monoisotopic (exact) mass is 383 g/mol. The second-order valence-corrected chi connectivity index (χ2v) is 5.78. The number of esters is 2. The fourth-order valence-electron chi connectivity index (χ4n) is 2.48. The molecule has 28 heavy (non-hydrogen) atoms. The van der Waals surface area contributed by atoms with Crippen molar-refractivity contribution in [3.63, 3.8) is 0 Å². The predicted molar refractivity (Wildman–Crippen MR) is 101 cm³/mol. The lowest BCUT2D eigenvalue weighted by molar-refractivity contribution is -0.134. The van der Waals surface area contributed by atoms with Gasteiger partial charge in [0.25, 0.3) is 0 Å². The van der Waals surface area contributed by atoms with Gasteiger partial charge in [-0.3, -0.25) is 4.79 Å². The Balaban J connectivity index is 1.92. The van der Waals surface area contributed by atoms with Crippen molar-refractivity contribution in [2.24, 2.45) is 4.99 Å². The Bertz CT molecular complexity index is 981. The molecular formula is C21H18FNO5. The number of rotatable bonds is 6. The van der Waals surface area contributed by atoms with Gasteiger partial charge in [0.05, 0.1) is 12.2 Å². The average Bonchev–Trinajstić information content (AvgIpc) is 3.04. The van der Waals surface area contributed by atoms with Crippen LogP contribution in [0.2, 0.25) is 0 Å². The van der Waals surface area contributed by atoms with Crippen LogP contribution in [0, 0.1) is 5.82 Å². The summed E-state index contributed by atoms with van der Waals surface area (Å²) in [6.07, 6.45) is 1.72. The molecule has 6 nitrogen and oxygen atoms in total. The number of benzene rings is 2. The number of cyclic esters (lactones) is 1. The van der Waals surface area contributed by atoms with E-state index in [0.29, 0.717) is 23.7 Å². The number of hydrogen-bond donors (Lipinski definition) is 0. The summed E-state index contributed by atoms with van der Waals surface area (Å²) >= 11 is 0. The Morgan fingerprint density at radius 3 is 2.68 bits per heavy atom. The summed E-state index contributed by atoms with van der Waals surface area (Å²) in [4.78, 5) is 27.7. The largest absolute Gasteiger partial charge is 0.490 e. The number of nitrogens with zero attached hydrogens (tertiary/aromatic N) is 1. The highest BCUT2D eigenvalue weighted by Gasteiger charge is 2.26. The van der Waals surface area contributed by atoms with Crippen molar-refractivity contribution in [1.29, 1.82) is 0 Å². The van der Waals surface area contributed by atoms with Crippen LogP contribution in [0.5, 0.6) is 11.5 Å². The van der Waals surface area contributed by atoms with Gasteiger partial charge in [0.1, 0.15) is 5.82 Å². The maximum Gasteiger partial charge on any atom is 0.363 e. The molecule has 2 aromatic rings. The molecule has 0 amide bonds. The van der Waals surface area contributed by atoms with Crippen LogP contribution in [0.25, 0.3) is 6.08 Å². The van der Waals surface area contributed by atoms with Gasteiger partial charge >= 0.3 is 11.9 Å². The molecule has 0 unspecified atom stereocenters. The lowest BCUT2D eigenvalue weighted by atomic mass is 10.1. The number of aliphatic imine (C=N–C) groups is 1. The highest BCUT2D eigenvalue weighted by Crippen LogP contribution is 2.30. The Morgan fingerprint density at radius 2 is 1.96 bits per heavy atom. The maximum absolute atomic E-state index is 13.9. The van der Waals surface area contributed by atoms with Gasteiger partial charge in [-0.15, -0.1) is 0 Å². The zero-order valence-corrected chi connectivity index (χ0v) is 15.4. The molecule has 0 fully saturated rings. The zero-order chi connectivity index (χ0) is 20.1. The lowest BCUT2D eigenvalue weighted by Crippen LogP contribution is -2.07. The Labute approximate surface area is 161 Å². The Hall–Kier alpha value is -3.48. The van der Waals surface area contributed by atoms with Gasteiger partial charge in [0, 0.05) is 6.42 Å². The van der Waals surface area contributed by atoms with E-state index in [-0.39, 0.29) is 29.5 Å². The van der Waals surface area contributed by atoms with Crippen LogP contribution in [0.1, 0.15) is 31.4 Å². The van der Waals surface area contributed by atoms with Crippen LogP contribution >= 0.6 is 0 Å². The quantitative estimate of drug-likeness (QED) is 0.430. The third-order valence-electron chi connectivity index (χ3n) is 3.81. The van der Waals surface area contributed by atoms with Crippen molar-refractivity contribution >= 4 is 23.9 Å². The van der Waals surface area contributed by atoms with Crippen LogP contribution in [-0.2, 0) is 14.3 Å². The molecule has 0 spiro atoms. The van der Waals surface area contributed by atoms with Crippen LogP contribution in [-0.4, -0.2) is 24.4 Å². The standard InChI is InChI=1S/C21H18FNO5/c1-3-19(24)27-17-10-9-13(12-18(17)26-4-2)11-16-21(25)28-20(23-16)14-7-5-6-8-15(14)22/h5-12H,3-4H2,1-2H3/b16-11+. The van der Waals surface area contributed by atoms with Crippen molar-refractivity contribution in [3.05, 3.63) is 65.1 Å². The summed E-state index contributed by atoms with van der Waals surface area (Å²) in [7, 11) is 0. The molecule has 0 saturated heterocycles. The number of ether oxygens (including phenoxy) is 3. The lowest BCUT2D eigenvalue weighted by Gasteiger charge is -2.10. The summed E-state index contributed by atoms with van der Waals surface area (Å²) in [5.41, 5.74) is 0.723. The molecule has 0 atom stereocenters. The van der Waals surface area contributed by atoms with Crippen molar-refractivity contribution in [2.45, 2.75) is 20.3 Å². The highest BCUT2D eigenvalue weighted by atomic mass is 19.1. The molecule has 1 aliphatic rings. The van der Waals surface area contributed by atoms with E-state index in [0.717, 1.165) is 0 Å². The van der Waals surface area contributed by atoms with Crippen molar-refractivity contribution in [3.8, 4) is 11.5 Å². The molecule has 1 aliphatic heterocycles. The summed E-state index contributed by atoms with van der Waals surface area (Å²) in [5, 5.41) is 0. The Morgan fingerprint density at radius 1 is 1.18 bits per heavy atom. The smallest absolute Gasteiger partial charge is 0.363 e. The maximum atomic E-state index is 13.9. The van der Waals surface area contributed by atoms with Gasteiger partial charge in [0.15, 0.2) is 17.2 Å². The number of halogens is 1. The minimum atomic E-state index is -0.683. The van der Waals surface area contributed by atoms with E-state index in [1.54, 1.807) is 38.1 Å². The third kappa shape index (κ3) is 4.25. The summed E-state index contributed by atoms with van der Waals surface area (Å²) in [6.45, 7) is 3.86. The second-order valence-electron chi connectivity index (χ2n) is 5.78. The molecule has 0 aromatic heterocycles. The average molecular weight is 383 g/mol. The SMILES string of the molecule is CCOc1cc(/C=C2/N=C(c3ccccc3F)OC2=O)ccc1OC(=O)CC. The van der Waals surface area contributed by atoms with Gasteiger partial charge < -0.3 is 14.2 Å². The topological polar surface area (TPSA) is 74.2 Å². The van der Waals surface area contributed by atoms with Gasteiger partial charge in [-0.05, 0) is 42.8 Å². The Kier molecular flexibility index (Phi) is 5.84. The van der Waals surface area contributed by atoms with Crippen LogP contribution < -0.4 is 9.47 Å². The minimum absolute atomic E-state index is 0.0269. The number of carbonyl (C=O) groups excluding carboxylic acids is 2.